The monoisotopic (exact) mass is 384 g/mol. The molecule has 0 radical (unpaired) electrons. The topological polar surface area (TPSA) is 58.9 Å². The van der Waals surface area contributed by atoms with Crippen LogP contribution in [0.5, 0.6) is 5.75 Å². The van der Waals surface area contributed by atoms with Crippen molar-refractivity contribution in [1.82, 2.24) is 14.3 Å². The molecule has 0 aliphatic carbocycles. The van der Waals surface area contributed by atoms with Crippen LogP contribution in [0, 0.1) is 0 Å². The number of pyridine rings is 1. The Bertz CT molecular complexity index is 1150. The SMILES string of the molecule is CN1C(=O)c2ccccc2N[C@@H]1c1ccc(OCc2cn3ccccc3n2)cc1. The van der Waals surface area contributed by atoms with Crippen LogP contribution in [0.2, 0.25) is 0 Å². The fourth-order valence-corrected chi connectivity index (χ4v) is 3.61. The molecule has 1 aliphatic heterocycles. The Morgan fingerprint density at radius 1 is 1.03 bits per heavy atom. The molecule has 0 saturated heterocycles. The van der Waals surface area contributed by atoms with Gasteiger partial charge in [-0.05, 0) is 42.0 Å². The molecule has 0 unspecified atom stereocenters. The molecule has 0 bridgehead atoms. The number of hydrogen-bond acceptors (Lipinski definition) is 4. The highest BCUT2D eigenvalue weighted by molar-refractivity contribution is 6.01. The van der Waals surface area contributed by atoms with Crippen LogP contribution in [0.15, 0.2) is 79.1 Å². The van der Waals surface area contributed by atoms with E-state index < -0.39 is 0 Å². The number of ether oxygens (including phenoxy) is 1. The lowest BCUT2D eigenvalue weighted by atomic mass is 10.0. The third-order valence-electron chi connectivity index (χ3n) is 5.15. The second-order valence-electron chi connectivity index (χ2n) is 7.06. The largest absolute Gasteiger partial charge is 0.487 e. The highest BCUT2D eigenvalue weighted by atomic mass is 16.5. The van der Waals surface area contributed by atoms with Crippen molar-refractivity contribution in [2.24, 2.45) is 0 Å². The van der Waals surface area contributed by atoms with Gasteiger partial charge in [-0.2, -0.15) is 0 Å². The summed E-state index contributed by atoms with van der Waals surface area (Å²) in [7, 11) is 1.81. The molecule has 1 atom stereocenters. The number of para-hydroxylation sites is 1. The molecule has 1 N–H and O–H groups in total. The average molecular weight is 384 g/mol. The van der Waals surface area contributed by atoms with E-state index in [1.54, 1.807) is 4.90 Å². The Hall–Kier alpha value is -3.80. The van der Waals surface area contributed by atoms with Gasteiger partial charge in [0.05, 0.1) is 11.3 Å². The van der Waals surface area contributed by atoms with Gasteiger partial charge in [0.25, 0.3) is 5.91 Å². The molecule has 0 spiro atoms. The van der Waals surface area contributed by atoms with Crippen LogP contribution in [0.25, 0.3) is 5.65 Å². The van der Waals surface area contributed by atoms with E-state index in [1.165, 1.54) is 0 Å². The Kier molecular flexibility index (Phi) is 4.17. The lowest BCUT2D eigenvalue weighted by molar-refractivity contribution is 0.0735. The van der Waals surface area contributed by atoms with Crippen molar-refractivity contribution in [3.05, 3.63) is 95.9 Å². The number of nitrogens with one attached hydrogen (secondary N) is 1. The van der Waals surface area contributed by atoms with Crippen LogP contribution in [-0.4, -0.2) is 27.2 Å². The van der Waals surface area contributed by atoms with E-state index in [4.69, 9.17) is 4.74 Å². The fourth-order valence-electron chi connectivity index (χ4n) is 3.61. The lowest BCUT2D eigenvalue weighted by Crippen LogP contribution is -2.40. The van der Waals surface area contributed by atoms with Gasteiger partial charge in [0.15, 0.2) is 0 Å². The van der Waals surface area contributed by atoms with Crippen LogP contribution >= 0.6 is 0 Å². The summed E-state index contributed by atoms with van der Waals surface area (Å²) in [5.41, 5.74) is 4.32. The molecule has 6 nitrogen and oxygen atoms in total. The first-order valence-corrected chi connectivity index (χ1v) is 9.47. The molecule has 2 aromatic carbocycles. The third kappa shape index (κ3) is 3.18. The van der Waals surface area contributed by atoms with Gasteiger partial charge in [-0.1, -0.05) is 30.3 Å². The van der Waals surface area contributed by atoms with Crippen LogP contribution in [0.3, 0.4) is 0 Å². The minimum absolute atomic E-state index is 0.0107. The molecule has 3 heterocycles. The molecule has 4 aromatic rings. The third-order valence-corrected chi connectivity index (χ3v) is 5.15. The average Bonchev–Trinajstić information content (AvgIpc) is 3.18. The van der Waals surface area contributed by atoms with Gasteiger partial charge in [-0.3, -0.25) is 4.79 Å². The Morgan fingerprint density at radius 2 is 1.83 bits per heavy atom. The van der Waals surface area contributed by atoms with Crippen molar-refractivity contribution in [3.63, 3.8) is 0 Å². The van der Waals surface area contributed by atoms with Crippen molar-refractivity contribution in [3.8, 4) is 5.75 Å². The molecule has 29 heavy (non-hydrogen) atoms. The summed E-state index contributed by atoms with van der Waals surface area (Å²) in [6.07, 6.45) is 3.71. The van der Waals surface area contributed by atoms with Gasteiger partial charge >= 0.3 is 0 Å². The minimum Gasteiger partial charge on any atom is -0.487 e. The number of carbonyl (C=O) groups is 1. The number of fused-ring (bicyclic) bond motifs is 2. The number of anilines is 1. The number of rotatable bonds is 4. The number of benzene rings is 2. The number of aromatic nitrogens is 2. The summed E-state index contributed by atoms with van der Waals surface area (Å²) in [5.74, 6) is 0.771. The van der Waals surface area contributed by atoms with Crippen LogP contribution in [0.4, 0.5) is 5.69 Å². The molecule has 0 fully saturated rings. The molecule has 1 aliphatic rings. The van der Waals surface area contributed by atoms with Crippen LogP contribution < -0.4 is 10.1 Å². The van der Waals surface area contributed by atoms with Crippen molar-refractivity contribution in [2.75, 3.05) is 12.4 Å². The summed E-state index contributed by atoms with van der Waals surface area (Å²) in [6.45, 7) is 0.397. The van der Waals surface area contributed by atoms with Gasteiger partial charge in [-0.25, -0.2) is 4.98 Å². The maximum absolute atomic E-state index is 12.7. The maximum Gasteiger partial charge on any atom is 0.257 e. The first-order valence-electron chi connectivity index (χ1n) is 9.47. The molecule has 0 saturated carbocycles. The second-order valence-corrected chi connectivity index (χ2v) is 7.06. The Labute approximate surface area is 168 Å². The van der Waals surface area contributed by atoms with E-state index in [0.29, 0.717) is 12.2 Å². The zero-order valence-corrected chi connectivity index (χ0v) is 15.9. The number of amides is 1. The van der Waals surface area contributed by atoms with E-state index in [9.17, 15) is 4.79 Å². The maximum atomic E-state index is 12.7. The van der Waals surface area contributed by atoms with Gasteiger partial charge in [0.1, 0.15) is 24.2 Å². The fraction of sp³-hybridized carbons (Fsp3) is 0.130. The quantitative estimate of drug-likeness (QED) is 0.575. The van der Waals surface area contributed by atoms with Gasteiger partial charge in [0, 0.05) is 25.1 Å². The summed E-state index contributed by atoms with van der Waals surface area (Å²) < 4.78 is 7.86. The predicted octanol–water partition coefficient (Wildman–Crippen LogP) is 4.11. The summed E-state index contributed by atoms with van der Waals surface area (Å²) in [5, 5.41) is 3.44. The summed E-state index contributed by atoms with van der Waals surface area (Å²) in [4.78, 5) is 18.9. The number of hydrogen-bond donors (Lipinski definition) is 1. The Balaban J connectivity index is 1.30. The van der Waals surface area contributed by atoms with E-state index in [-0.39, 0.29) is 12.1 Å². The molecule has 2 aromatic heterocycles. The number of imidazole rings is 1. The van der Waals surface area contributed by atoms with Gasteiger partial charge in [0.2, 0.25) is 0 Å². The van der Waals surface area contributed by atoms with E-state index >= 15 is 0 Å². The molecule has 1 amide bonds. The summed E-state index contributed by atoms with van der Waals surface area (Å²) >= 11 is 0. The lowest BCUT2D eigenvalue weighted by Gasteiger charge is -2.35. The highest BCUT2D eigenvalue weighted by Crippen LogP contribution is 2.32. The normalized spacial score (nSPS) is 15.8. The van der Waals surface area contributed by atoms with Crippen molar-refractivity contribution < 1.29 is 9.53 Å². The number of nitrogens with zero attached hydrogens (tertiary/aromatic N) is 3. The van der Waals surface area contributed by atoms with Crippen molar-refractivity contribution >= 4 is 17.2 Å². The molecular weight excluding hydrogens is 364 g/mol. The summed E-state index contributed by atoms with van der Waals surface area (Å²) in [6, 6.07) is 21.3. The minimum atomic E-state index is -0.218. The molecule has 5 rings (SSSR count). The predicted molar refractivity (Wildman–Crippen MR) is 111 cm³/mol. The molecule has 144 valence electrons. The first kappa shape index (κ1) is 17.3. The van der Waals surface area contributed by atoms with Gasteiger partial charge < -0.3 is 19.4 Å². The molecular formula is C23H20N4O2. The Morgan fingerprint density at radius 3 is 2.66 bits per heavy atom. The van der Waals surface area contributed by atoms with E-state index in [1.807, 2.05) is 90.6 Å². The van der Waals surface area contributed by atoms with Crippen molar-refractivity contribution in [1.29, 1.82) is 0 Å². The van der Waals surface area contributed by atoms with E-state index in [0.717, 1.165) is 28.3 Å². The smallest absolute Gasteiger partial charge is 0.257 e. The standard InChI is InChI=1S/C23H20N4O2/c1-26-22(25-20-7-3-2-6-19(20)23(26)28)16-9-11-18(12-10-16)29-15-17-14-27-13-5-4-8-21(27)24-17/h2-14,22,25H,15H2,1H3/t22-/m0/s1. The van der Waals surface area contributed by atoms with Crippen LogP contribution in [0.1, 0.15) is 27.8 Å². The second kappa shape index (κ2) is 6.98. The highest BCUT2D eigenvalue weighted by Gasteiger charge is 2.29. The van der Waals surface area contributed by atoms with Gasteiger partial charge in [-0.15, -0.1) is 0 Å². The zero-order valence-electron chi connectivity index (χ0n) is 15.9. The zero-order chi connectivity index (χ0) is 19.8. The van der Waals surface area contributed by atoms with Crippen molar-refractivity contribution in [2.45, 2.75) is 12.8 Å². The molecule has 6 heteroatoms. The number of carbonyl (C=O) groups excluding carboxylic acids is 1. The first-order chi connectivity index (χ1) is 14.2. The van der Waals surface area contributed by atoms with E-state index in [2.05, 4.69) is 10.3 Å². The van der Waals surface area contributed by atoms with Crippen LogP contribution in [-0.2, 0) is 6.61 Å².